The fourth-order valence-electron chi connectivity index (χ4n) is 0.933. The van der Waals surface area contributed by atoms with Crippen molar-refractivity contribution in [2.24, 2.45) is 0 Å². The second-order valence-electron chi connectivity index (χ2n) is 2.54. The molecular weight excluding hydrogens is 139 g/mol. The Morgan fingerprint density at radius 2 is 2.00 bits per heavy atom. The first-order valence-electron chi connectivity index (χ1n) is 3.24. The maximum absolute atomic E-state index is 12.5. The third-order valence-electron chi connectivity index (χ3n) is 1.72. The quantitative estimate of drug-likeness (QED) is 0.488. The van der Waals surface area contributed by atoms with Crippen molar-refractivity contribution in [3.63, 3.8) is 0 Å². The van der Waals surface area contributed by atoms with E-state index in [0.29, 0.717) is 0 Å². The second kappa shape index (κ2) is 2.82. The third-order valence-corrected chi connectivity index (χ3v) is 1.72. The Morgan fingerprint density at radius 1 is 1.40 bits per heavy atom. The minimum Gasteiger partial charge on any atom is -0.388 e. The second-order valence-corrected chi connectivity index (χ2v) is 2.54. The lowest BCUT2D eigenvalue weighted by Crippen LogP contribution is -2.49. The standard InChI is InChI=1S/C6H11FO3/c1-3-5(8)6(9)4(7)2-10-3/h3-6,8-9H,2H2,1H3/t3-,4+,5-,6-/m1/s1. The van der Waals surface area contributed by atoms with Gasteiger partial charge in [-0.25, -0.2) is 4.39 Å². The van der Waals surface area contributed by atoms with Crippen molar-refractivity contribution < 1.29 is 19.3 Å². The molecule has 0 spiro atoms. The summed E-state index contributed by atoms with van der Waals surface area (Å²) in [4.78, 5) is 0. The van der Waals surface area contributed by atoms with Gasteiger partial charge >= 0.3 is 0 Å². The van der Waals surface area contributed by atoms with Gasteiger partial charge in [0.2, 0.25) is 0 Å². The van der Waals surface area contributed by atoms with Crippen LogP contribution in [0.25, 0.3) is 0 Å². The van der Waals surface area contributed by atoms with Crippen LogP contribution in [0.4, 0.5) is 4.39 Å². The van der Waals surface area contributed by atoms with Crippen molar-refractivity contribution in [1.82, 2.24) is 0 Å². The van der Waals surface area contributed by atoms with Crippen LogP contribution in [0.1, 0.15) is 6.92 Å². The molecule has 0 saturated carbocycles. The molecule has 1 heterocycles. The first-order chi connectivity index (χ1) is 4.63. The molecule has 1 saturated heterocycles. The van der Waals surface area contributed by atoms with E-state index in [2.05, 4.69) is 0 Å². The van der Waals surface area contributed by atoms with E-state index >= 15 is 0 Å². The average molecular weight is 150 g/mol. The zero-order valence-corrected chi connectivity index (χ0v) is 5.70. The van der Waals surface area contributed by atoms with Crippen LogP contribution < -0.4 is 0 Å². The van der Waals surface area contributed by atoms with Crippen LogP contribution in [-0.4, -0.2) is 41.3 Å². The van der Waals surface area contributed by atoms with Gasteiger partial charge in [-0.2, -0.15) is 0 Å². The number of halogens is 1. The minimum atomic E-state index is -1.45. The summed E-state index contributed by atoms with van der Waals surface area (Å²) in [5.74, 6) is 0. The molecule has 1 fully saturated rings. The zero-order chi connectivity index (χ0) is 7.72. The highest BCUT2D eigenvalue weighted by atomic mass is 19.1. The Morgan fingerprint density at radius 3 is 2.50 bits per heavy atom. The molecule has 1 aliphatic heterocycles. The monoisotopic (exact) mass is 150 g/mol. The smallest absolute Gasteiger partial charge is 0.152 e. The molecule has 3 nitrogen and oxygen atoms in total. The van der Waals surface area contributed by atoms with Crippen LogP contribution in [0.2, 0.25) is 0 Å². The molecule has 0 aromatic rings. The predicted octanol–water partition coefficient (Wildman–Crippen LogP) is -0.535. The van der Waals surface area contributed by atoms with Gasteiger partial charge in [-0.3, -0.25) is 0 Å². The van der Waals surface area contributed by atoms with E-state index in [4.69, 9.17) is 14.9 Å². The molecule has 4 atom stereocenters. The summed E-state index contributed by atoms with van der Waals surface area (Å²) in [6.07, 6.45) is -4.30. The summed E-state index contributed by atoms with van der Waals surface area (Å²) in [6.45, 7) is 1.47. The maximum atomic E-state index is 12.5. The lowest BCUT2D eigenvalue weighted by molar-refractivity contribution is -0.162. The Bertz CT molecular complexity index is 106. The van der Waals surface area contributed by atoms with Gasteiger partial charge in [-0.1, -0.05) is 0 Å². The average Bonchev–Trinajstić information content (AvgIpc) is 1.93. The van der Waals surface area contributed by atoms with E-state index in [1.54, 1.807) is 6.92 Å². The zero-order valence-electron chi connectivity index (χ0n) is 5.70. The van der Waals surface area contributed by atoms with E-state index in [1.807, 2.05) is 0 Å². The van der Waals surface area contributed by atoms with Crippen LogP contribution in [0.5, 0.6) is 0 Å². The summed E-state index contributed by atoms with van der Waals surface area (Å²) in [5, 5.41) is 17.9. The Kier molecular flexibility index (Phi) is 2.23. The van der Waals surface area contributed by atoms with Gasteiger partial charge in [0.1, 0.15) is 12.2 Å². The highest BCUT2D eigenvalue weighted by Crippen LogP contribution is 2.16. The third kappa shape index (κ3) is 1.28. The van der Waals surface area contributed by atoms with Crippen molar-refractivity contribution >= 4 is 0 Å². The summed E-state index contributed by atoms with van der Waals surface area (Å²) < 4.78 is 17.3. The number of aliphatic hydroxyl groups is 2. The number of alkyl halides is 1. The van der Waals surface area contributed by atoms with Gasteiger partial charge in [-0.05, 0) is 6.92 Å². The summed E-state index contributed by atoms with van der Waals surface area (Å²) >= 11 is 0. The van der Waals surface area contributed by atoms with E-state index in [-0.39, 0.29) is 6.61 Å². The highest BCUT2D eigenvalue weighted by molar-refractivity contribution is 4.84. The molecule has 0 amide bonds. The fourth-order valence-corrected chi connectivity index (χ4v) is 0.933. The van der Waals surface area contributed by atoms with Gasteiger partial charge in [0.15, 0.2) is 6.17 Å². The van der Waals surface area contributed by atoms with E-state index < -0.39 is 24.5 Å². The summed E-state index contributed by atoms with van der Waals surface area (Å²) in [5.41, 5.74) is 0. The molecule has 1 aliphatic rings. The first kappa shape index (κ1) is 7.91. The lowest BCUT2D eigenvalue weighted by atomic mass is 10.0. The molecular formula is C6H11FO3. The molecule has 0 radical (unpaired) electrons. The first-order valence-corrected chi connectivity index (χ1v) is 3.24. The highest BCUT2D eigenvalue weighted by Gasteiger charge is 2.35. The largest absolute Gasteiger partial charge is 0.388 e. The molecule has 0 aromatic heterocycles. The maximum Gasteiger partial charge on any atom is 0.152 e. The van der Waals surface area contributed by atoms with Gasteiger partial charge in [0.05, 0.1) is 12.7 Å². The molecule has 10 heavy (non-hydrogen) atoms. The van der Waals surface area contributed by atoms with Crippen molar-refractivity contribution in [2.45, 2.75) is 31.4 Å². The van der Waals surface area contributed by atoms with Crippen LogP contribution in [-0.2, 0) is 4.74 Å². The minimum absolute atomic E-state index is 0.126. The van der Waals surface area contributed by atoms with Crippen molar-refractivity contribution in [2.75, 3.05) is 6.61 Å². The van der Waals surface area contributed by atoms with Crippen LogP contribution in [0.3, 0.4) is 0 Å². The Labute approximate surface area is 58.4 Å². The molecule has 60 valence electrons. The molecule has 0 unspecified atom stereocenters. The van der Waals surface area contributed by atoms with E-state index in [9.17, 15) is 4.39 Å². The Balaban J connectivity index is 2.52. The number of hydrogen-bond acceptors (Lipinski definition) is 3. The van der Waals surface area contributed by atoms with Crippen LogP contribution in [0.15, 0.2) is 0 Å². The summed E-state index contributed by atoms with van der Waals surface area (Å²) in [6, 6.07) is 0. The number of rotatable bonds is 0. The molecule has 0 aliphatic carbocycles. The summed E-state index contributed by atoms with van der Waals surface area (Å²) in [7, 11) is 0. The molecule has 1 rings (SSSR count). The molecule has 4 heteroatoms. The van der Waals surface area contributed by atoms with Gasteiger partial charge in [-0.15, -0.1) is 0 Å². The number of ether oxygens (including phenoxy) is 1. The topological polar surface area (TPSA) is 49.7 Å². The fraction of sp³-hybridized carbons (Fsp3) is 1.00. The molecule has 0 aromatic carbocycles. The van der Waals surface area contributed by atoms with E-state index in [1.165, 1.54) is 0 Å². The number of aliphatic hydroxyl groups excluding tert-OH is 2. The van der Waals surface area contributed by atoms with Gasteiger partial charge in [0.25, 0.3) is 0 Å². The van der Waals surface area contributed by atoms with Crippen molar-refractivity contribution in [3.8, 4) is 0 Å². The van der Waals surface area contributed by atoms with Crippen molar-refractivity contribution in [1.29, 1.82) is 0 Å². The SMILES string of the molecule is C[C@H]1OC[C@H](F)[C@@H](O)[C@@H]1O. The lowest BCUT2D eigenvalue weighted by Gasteiger charge is -2.31. The van der Waals surface area contributed by atoms with Gasteiger partial charge in [0, 0.05) is 0 Å². The predicted molar refractivity (Wildman–Crippen MR) is 32.3 cm³/mol. The number of hydrogen-bond donors (Lipinski definition) is 2. The Hall–Kier alpha value is -0.190. The van der Waals surface area contributed by atoms with Gasteiger partial charge < -0.3 is 14.9 Å². The van der Waals surface area contributed by atoms with Crippen LogP contribution >= 0.6 is 0 Å². The molecule has 0 bridgehead atoms. The van der Waals surface area contributed by atoms with E-state index in [0.717, 1.165) is 0 Å². The molecule has 2 N–H and O–H groups in total. The normalized spacial score (nSPS) is 49.2. The van der Waals surface area contributed by atoms with Crippen LogP contribution in [0, 0.1) is 0 Å². The van der Waals surface area contributed by atoms with Crippen molar-refractivity contribution in [3.05, 3.63) is 0 Å².